The number of nitrogens with one attached hydrogen (secondary N) is 1. The zero-order valence-electron chi connectivity index (χ0n) is 25.3. The van der Waals surface area contributed by atoms with Crippen molar-refractivity contribution in [2.24, 2.45) is 14.1 Å². The third-order valence-corrected chi connectivity index (χ3v) is 8.79. The lowest BCUT2D eigenvalue weighted by molar-refractivity contribution is -0.938. The van der Waals surface area contributed by atoms with E-state index in [1.807, 2.05) is 24.3 Å². The maximum atomic E-state index is 13.2. The smallest absolute Gasteiger partial charge is 0.390 e. The average Bonchev–Trinajstić information content (AvgIpc) is 3.39. The largest absolute Gasteiger partial charge is 0.488 e. The van der Waals surface area contributed by atoms with Gasteiger partial charge in [0.1, 0.15) is 31.1 Å². The van der Waals surface area contributed by atoms with Gasteiger partial charge in [-0.15, -0.1) is 0 Å². The van der Waals surface area contributed by atoms with Crippen molar-refractivity contribution in [3.8, 4) is 16.9 Å². The van der Waals surface area contributed by atoms with Crippen LogP contribution in [0.1, 0.15) is 19.5 Å². The van der Waals surface area contributed by atoms with Crippen LogP contribution in [0.2, 0.25) is 10.0 Å². The standard InChI is InChI=1S/C31H32Cl2N8O4/c1-5-41(6-2,18-26-29(40(43)44)35-19-38(26)3)14-15-45-22-12-10-21(11-13-22)36-31-34-17-20-16-23(30(42)39(4)28(20)37-31)27-24(32)8-7-9-25(27)33/h7-13,16-17,19H,5-6,14-15,18H2,1-4H3/p+1. The van der Waals surface area contributed by atoms with Crippen LogP contribution in [0.4, 0.5) is 17.5 Å². The average molecular weight is 653 g/mol. The monoisotopic (exact) mass is 651 g/mol. The Kier molecular flexibility index (Phi) is 9.37. The van der Waals surface area contributed by atoms with Crippen LogP contribution in [0.25, 0.3) is 22.2 Å². The van der Waals surface area contributed by atoms with Crippen LogP contribution < -0.4 is 15.6 Å². The quantitative estimate of drug-likeness (QED) is 0.0969. The number of aryl methyl sites for hydroxylation is 2. The number of halogens is 2. The molecule has 0 saturated heterocycles. The van der Waals surface area contributed by atoms with Gasteiger partial charge in [0.15, 0.2) is 5.69 Å². The predicted octanol–water partition coefficient (Wildman–Crippen LogP) is 6.12. The Morgan fingerprint density at radius 1 is 1.04 bits per heavy atom. The Labute approximate surface area is 269 Å². The third kappa shape index (κ3) is 6.63. The first kappa shape index (κ1) is 31.9. The van der Waals surface area contributed by atoms with E-state index in [0.717, 1.165) is 18.8 Å². The number of likely N-dealkylation sites (N-methyl/N-ethyl adjacent to an activating group) is 1. The lowest BCUT2D eigenvalue weighted by Gasteiger charge is -2.36. The summed E-state index contributed by atoms with van der Waals surface area (Å²) in [6.45, 7) is 7.32. The second kappa shape index (κ2) is 13.2. The summed E-state index contributed by atoms with van der Waals surface area (Å²) in [5, 5.41) is 16.1. The highest BCUT2D eigenvalue weighted by molar-refractivity contribution is 6.39. The summed E-state index contributed by atoms with van der Waals surface area (Å²) in [5.41, 5.74) is 2.35. The van der Waals surface area contributed by atoms with Gasteiger partial charge in [-0.25, -0.2) is 4.98 Å². The fraction of sp³-hybridized carbons (Fsp3) is 0.290. The number of hydrogen-bond donors (Lipinski definition) is 1. The molecule has 0 spiro atoms. The number of hydrogen-bond acceptors (Lipinski definition) is 8. The molecule has 0 aliphatic heterocycles. The number of imidazole rings is 1. The van der Waals surface area contributed by atoms with E-state index in [1.165, 1.54) is 10.9 Å². The first-order chi connectivity index (χ1) is 21.6. The number of anilines is 2. The van der Waals surface area contributed by atoms with Gasteiger partial charge in [-0.3, -0.25) is 9.36 Å². The van der Waals surface area contributed by atoms with E-state index < -0.39 is 4.92 Å². The molecule has 0 fully saturated rings. The van der Waals surface area contributed by atoms with E-state index in [-0.39, 0.29) is 11.4 Å². The van der Waals surface area contributed by atoms with E-state index in [0.29, 0.717) is 73.8 Å². The molecular formula is C31H33Cl2N8O4+. The molecule has 0 atom stereocenters. The zero-order valence-corrected chi connectivity index (χ0v) is 26.8. The van der Waals surface area contributed by atoms with E-state index in [4.69, 9.17) is 27.9 Å². The van der Waals surface area contributed by atoms with E-state index in [1.54, 1.807) is 49.1 Å². The Morgan fingerprint density at radius 2 is 1.73 bits per heavy atom. The molecule has 234 valence electrons. The second-order valence-corrected chi connectivity index (χ2v) is 11.5. The molecule has 0 saturated carbocycles. The first-order valence-electron chi connectivity index (χ1n) is 14.4. The Bertz CT molecular complexity index is 1900. The molecule has 0 aliphatic carbocycles. The zero-order chi connectivity index (χ0) is 32.3. The van der Waals surface area contributed by atoms with Crippen LogP contribution >= 0.6 is 23.2 Å². The summed E-state index contributed by atoms with van der Waals surface area (Å²) >= 11 is 12.7. The van der Waals surface area contributed by atoms with Gasteiger partial charge in [0.05, 0.1) is 28.7 Å². The molecule has 0 amide bonds. The molecule has 1 N–H and O–H groups in total. The molecule has 0 aliphatic rings. The SMILES string of the molecule is CC[N+](CC)(CCOc1ccc(Nc2ncc3cc(-c4c(Cl)cccc4Cl)c(=O)n(C)c3n2)cc1)Cc1c([N+](=O)[O-])ncn1C. The fourth-order valence-corrected chi connectivity index (χ4v) is 5.90. The third-order valence-electron chi connectivity index (χ3n) is 8.16. The van der Waals surface area contributed by atoms with Gasteiger partial charge in [0, 0.05) is 36.9 Å². The van der Waals surface area contributed by atoms with Gasteiger partial charge in [-0.1, -0.05) is 29.3 Å². The lowest BCUT2D eigenvalue weighted by atomic mass is 10.1. The van der Waals surface area contributed by atoms with Crippen LogP contribution in [0.3, 0.4) is 0 Å². The Hall–Kier alpha value is -4.52. The Balaban J connectivity index is 1.26. The minimum atomic E-state index is -0.431. The molecule has 0 bridgehead atoms. The molecule has 14 heteroatoms. The summed E-state index contributed by atoms with van der Waals surface area (Å²) in [4.78, 5) is 37.3. The number of pyridine rings is 1. The van der Waals surface area contributed by atoms with Gasteiger partial charge < -0.3 is 29.2 Å². The number of nitro groups is 1. The second-order valence-electron chi connectivity index (χ2n) is 10.7. The van der Waals surface area contributed by atoms with Gasteiger partial charge in [0.25, 0.3) is 5.56 Å². The molecule has 5 aromatic rings. The fourth-order valence-electron chi connectivity index (χ4n) is 5.30. The number of nitrogens with zero attached hydrogens (tertiary/aromatic N) is 7. The van der Waals surface area contributed by atoms with Gasteiger partial charge >= 0.3 is 5.82 Å². The summed E-state index contributed by atoms with van der Waals surface area (Å²) in [6, 6.07) is 14.2. The van der Waals surface area contributed by atoms with Crippen LogP contribution in [-0.2, 0) is 20.6 Å². The maximum Gasteiger partial charge on any atom is 0.390 e. The predicted molar refractivity (Wildman–Crippen MR) is 175 cm³/mol. The van der Waals surface area contributed by atoms with E-state index in [9.17, 15) is 14.9 Å². The van der Waals surface area contributed by atoms with Crippen molar-refractivity contribution >= 4 is 51.7 Å². The number of fused-ring (bicyclic) bond motifs is 1. The molecule has 0 radical (unpaired) electrons. The first-order valence-corrected chi connectivity index (χ1v) is 15.1. The molecule has 3 aromatic heterocycles. The normalized spacial score (nSPS) is 11.6. The van der Waals surface area contributed by atoms with Crippen molar-refractivity contribution in [1.82, 2.24) is 24.1 Å². The van der Waals surface area contributed by atoms with Crippen molar-refractivity contribution in [2.45, 2.75) is 20.4 Å². The van der Waals surface area contributed by atoms with E-state index in [2.05, 4.69) is 34.1 Å². The molecule has 2 aromatic carbocycles. The van der Waals surface area contributed by atoms with Crippen molar-refractivity contribution in [2.75, 3.05) is 31.6 Å². The minimum absolute atomic E-state index is 0.102. The molecular weight excluding hydrogens is 619 g/mol. The summed E-state index contributed by atoms with van der Waals surface area (Å²) in [7, 11) is 3.42. The van der Waals surface area contributed by atoms with Gasteiger partial charge in [-0.2, -0.15) is 4.98 Å². The van der Waals surface area contributed by atoms with E-state index >= 15 is 0 Å². The van der Waals surface area contributed by atoms with Crippen molar-refractivity contribution in [3.63, 3.8) is 0 Å². The van der Waals surface area contributed by atoms with Crippen LogP contribution in [0.5, 0.6) is 5.75 Å². The summed E-state index contributed by atoms with van der Waals surface area (Å²) in [6.07, 6.45) is 3.13. The number of aromatic nitrogens is 5. The number of benzene rings is 2. The molecule has 0 unspecified atom stereocenters. The van der Waals surface area contributed by atoms with Crippen molar-refractivity contribution in [3.05, 3.63) is 97.3 Å². The number of rotatable bonds is 12. The maximum absolute atomic E-state index is 13.2. The van der Waals surface area contributed by atoms with Gasteiger partial charge in [0.2, 0.25) is 12.3 Å². The highest BCUT2D eigenvalue weighted by atomic mass is 35.5. The topological polar surface area (TPSA) is 130 Å². The van der Waals surface area contributed by atoms with Crippen molar-refractivity contribution < 1.29 is 14.1 Å². The lowest BCUT2D eigenvalue weighted by Crippen LogP contribution is -2.49. The number of quaternary nitrogens is 1. The van der Waals surface area contributed by atoms with Crippen LogP contribution in [-0.4, -0.2) is 59.7 Å². The summed E-state index contributed by atoms with van der Waals surface area (Å²) in [5.74, 6) is 0.909. The highest BCUT2D eigenvalue weighted by Gasteiger charge is 2.31. The molecule has 3 heterocycles. The molecule has 45 heavy (non-hydrogen) atoms. The number of ether oxygens (including phenoxy) is 1. The molecule has 5 rings (SSSR count). The minimum Gasteiger partial charge on any atom is -0.488 e. The highest BCUT2D eigenvalue weighted by Crippen LogP contribution is 2.34. The Morgan fingerprint density at radius 3 is 2.38 bits per heavy atom. The van der Waals surface area contributed by atoms with Gasteiger partial charge in [-0.05, 0) is 66.2 Å². The van der Waals surface area contributed by atoms with Crippen LogP contribution in [0.15, 0.2) is 65.8 Å². The van der Waals surface area contributed by atoms with Crippen molar-refractivity contribution in [1.29, 1.82) is 0 Å². The molecule has 12 nitrogen and oxygen atoms in total. The van der Waals surface area contributed by atoms with Crippen LogP contribution in [0, 0.1) is 10.1 Å². The summed E-state index contributed by atoms with van der Waals surface area (Å²) < 4.78 is 9.85.